The average Bonchev–Trinajstić information content (AvgIpc) is 3.18. The molecule has 6 nitrogen and oxygen atoms in total. The summed E-state index contributed by atoms with van der Waals surface area (Å²) in [4.78, 5) is 0.141. The molecule has 1 saturated heterocycles. The second kappa shape index (κ2) is 10.2. The number of hydrogen-bond donors (Lipinski definition) is 0. The van der Waals surface area contributed by atoms with Gasteiger partial charge in [-0.05, 0) is 74.9 Å². The van der Waals surface area contributed by atoms with Gasteiger partial charge in [-0.3, -0.25) is 0 Å². The van der Waals surface area contributed by atoms with Gasteiger partial charge in [-0.15, -0.1) is 0 Å². The number of halogens is 1. The zero-order valence-corrected chi connectivity index (χ0v) is 24.1. The first-order chi connectivity index (χ1) is 17.3. The molecule has 1 aliphatic heterocycles. The molecule has 2 atom stereocenters. The molecule has 0 bridgehead atoms. The van der Waals surface area contributed by atoms with Crippen LogP contribution in [0.25, 0.3) is 0 Å². The summed E-state index contributed by atoms with van der Waals surface area (Å²) in [5.41, 5.74) is 3.30. The van der Waals surface area contributed by atoms with Crippen molar-refractivity contribution in [2.45, 2.75) is 36.7 Å². The molecular weight excluding hydrogens is 572 g/mol. The zero-order valence-electron chi connectivity index (χ0n) is 20.9. The van der Waals surface area contributed by atoms with E-state index in [4.69, 9.17) is 0 Å². The number of benzene rings is 3. The number of hydrogen-bond acceptors (Lipinski definition) is 4. The molecule has 0 aliphatic carbocycles. The Morgan fingerprint density at radius 3 is 1.84 bits per heavy atom. The second-order valence-electron chi connectivity index (χ2n) is 9.33. The van der Waals surface area contributed by atoms with Crippen LogP contribution in [0.4, 0.5) is 5.69 Å². The Balaban J connectivity index is 1.96. The summed E-state index contributed by atoms with van der Waals surface area (Å²) < 4.78 is 59.6. The highest BCUT2D eigenvalue weighted by molar-refractivity contribution is 9.10. The van der Waals surface area contributed by atoms with Crippen LogP contribution in [-0.2, 0) is 20.0 Å². The van der Waals surface area contributed by atoms with Crippen molar-refractivity contribution in [2.75, 3.05) is 10.8 Å². The first kappa shape index (κ1) is 27.3. The van der Waals surface area contributed by atoms with Gasteiger partial charge in [0.15, 0.2) is 0 Å². The minimum absolute atomic E-state index is 0.0332. The molecule has 3 aromatic rings. The van der Waals surface area contributed by atoms with Crippen LogP contribution in [0.1, 0.15) is 18.1 Å². The largest absolute Gasteiger partial charge is 0.265 e. The molecule has 0 N–H and O–H groups in total. The highest BCUT2D eigenvalue weighted by Crippen LogP contribution is 2.42. The minimum Gasteiger partial charge on any atom is -0.244 e. The molecule has 1 fully saturated rings. The Morgan fingerprint density at radius 1 is 0.865 bits per heavy atom. The fourth-order valence-corrected chi connectivity index (χ4v) is 7.93. The topological polar surface area (TPSA) is 74.8 Å². The third-order valence-corrected chi connectivity index (χ3v) is 10.7. The van der Waals surface area contributed by atoms with E-state index in [0.717, 1.165) is 15.6 Å². The third kappa shape index (κ3) is 5.18. The van der Waals surface area contributed by atoms with Crippen LogP contribution < -0.4 is 4.31 Å². The van der Waals surface area contributed by atoms with Crippen molar-refractivity contribution in [3.05, 3.63) is 113 Å². The normalized spacial score (nSPS) is 18.6. The smallest absolute Gasteiger partial charge is 0.244 e. The third-order valence-electron chi connectivity index (χ3n) is 6.52. The average molecular weight is 602 g/mol. The summed E-state index contributed by atoms with van der Waals surface area (Å²) in [6.07, 6.45) is -1.19. The van der Waals surface area contributed by atoms with E-state index in [2.05, 4.69) is 29.1 Å². The van der Waals surface area contributed by atoms with Crippen molar-refractivity contribution in [3.8, 4) is 0 Å². The molecule has 0 spiro atoms. The monoisotopic (exact) mass is 600 g/mol. The maximum atomic E-state index is 14.2. The van der Waals surface area contributed by atoms with E-state index >= 15 is 0 Å². The maximum absolute atomic E-state index is 14.2. The number of aryl methyl sites for hydroxylation is 2. The van der Waals surface area contributed by atoms with Crippen LogP contribution in [0.5, 0.6) is 0 Å². The van der Waals surface area contributed by atoms with Gasteiger partial charge in [0.1, 0.15) is 6.17 Å². The fourth-order valence-electron chi connectivity index (χ4n) is 4.40. The lowest BCUT2D eigenvalue weighted by Crippen LogP contribution is -2.50. The number of sulfonamides is 2. The lowest BCUT2D eigenvalue weighted by molar-refractivity contribution is 0.406. The van der Waals surface area contributed by atoms with Gasteiger partial charge in [-0.2, -0.15) is 4.31 Å². The molecule has 37 heavy (non-hydrogen) atoms. The van der Waals surface area contributed by atoms with Crippen LogP contribution in [0.2, 0.25) is 0 Å². The fraction of sp³-hybridized carbons (Fsp3) is 0.214. The highest BCUT2D eigenvalue weighted by atomic mass is 79.9. The van der Waals surface area contributed by atoms with E-state index < -0.39 is 32.1 Å². The Bertz CT molecular complexity index is 1550. The van der Waals surface area contributed by atoms with E-state index in [1.54, 1.807) is 55.5 Å². The van der Waals surface area contributed by atoms with Crippen LogP contribution >= 0.6 is 15.9 Å². The summed E-state index contributed by atoms with van der Waals surface area (Å²) in [7, 11) is -8.31. The molecule has 0 saturated carbocycles. The molecule has 4 rings (SSSR count). The summed E-state index contributed by atoms with van der Waals surface area (Å²) in [5, 5.41) is 0. The summed E-state index contributed by atoms with van der Waals surface area (Å²) in [6, 6.07) is 19.8. The van der Waals surface area contributed by atoms with Crippen LogP contribution in [-0.4, -0.2) is 33.9 Å². The molecular formula is C28H29BrN2O4S2. The van der Waals surface area contributed by atoms with Crippen molar-refractivity contribution in [1.29, 1.82) is 0 Å². The van der Waals surface area contributed by atoms with E-state index in [0.29, 0.717) is 16.8 Å². The maximum Gasteiger partial charge on any atom is 0.265 e. The van der Waals surface area contributed by atoms with Gasteiger partial charge in [0.05, 0.1) is 15.5 Å². The molecule has 1 heterocycles. The SMILES string of the molecule is C=C(C)[C@@H]1CN(S(=O)(=O)c2ccc(C)cc2)[C@@H](N(c2ccc(Br)cc2)S(=O)(=O)c2ccc(C)cc2)C1=C. The van der Waals surface area contributed by atoms with Crippen molar-refractivity contribution in [1.82, 2.24) is 4.31 Å². The molecule has 0 radical (unpaired) electrons. The van der Waals surface area contributed by atoms with Crippen LogP contribution in [0.3, 0.4) is 0 Å². The zero-order chi connectivity index (χ0) is 27.1. The number of anilines is 1. The summed E-state index contributed by atoms with van der Waals surface area (Å²) in [5.74, 6) is -0.420. The predicted octanol–water partition coefficient (Wildman–Crippen LogP) is 6.04. The van der Waals surface area contributed by atoms with E-state index in [-0.39, 0.29) is 16.3 Å². The second-order valence-corrected chi connectivity index (χ2v) is 13.9. The predicted molar refractivity (Wildman–Crippen MR) is 151 cm³/mol. The Labute approximate surface area is 228 Å². The van der Waals surface area contributed by atoms with Gasteiger partial charge in [0.2, 0.25) is 10.0 Å². The molecule has 1 aliphatic rings. The van der Waals surface area contributed by atoms with Gasteiger partial charge in [0.25, 0.3) is 10.0 Å². The first-order valence-corrected chi connectivity index (χ1v) is 15.3. The Hall–Kier alpha value is -2.72. The standard InChI is InChI=1S/C28H29BrN2O4S2/c1-19(2)27-18-30(36(32,33)25-14-6-20(3)7-15-25)28(22(27)5)31(24-12-10-23(29)11-13-24)37(34,35)26-16-8-21(4)9-17-26/h6-17,27-28H,1,5,18H2,2-4H3/t27-,28-/m0/s1. The highest BCUT2D eigenvalue weighted by Gasteiger charge is 2.49. The molecule has 3 aromatic carbocycles. The number of nitrogens with zero attached hydrogens (tertiary/aromatic N) is 2. The van der Waals surface area contributed by atoms with E-state index in [1.165, 1.54) is 32.9 Å². The van der Waals surface area contributed by atoms with Gasteiger partial charge in [-0.1, -0.05) is 70.1 Å². The first-order valence-electron chi connectivity index (χ1n) is 11.6. The van der Waals surface area contributed by atoms with Crippen molar-refractivity contribution >= 4 is 41.7 Å². The Morgan fingerprint density at radius 2 is 1.35 bits per heavy atom. The van der Waals surface area contributed by atoms with Crippen molar-refractivity contribution < 1.29 is 16.8 Å². The molecule has 0 aromatic heterocycles. The van der Waals surface area contributed by atoms with E-state index in [1.807, 2.05) is 13.8 Å². The quantitative estimate of drug-likeness (QED) is 0.310. The summed E-state index contributed by atoms with van der Waals surface area (Å²) >= 11 is 3.40. The van der Waals surface area contributed by atoms with Crippen LogP contribution in [0.15, 0.2) is 111 Å². The van der Waals surface area contributed by atoms with Gasteiger partial charge in [0, 0.05) is 16.9 Å². The van der Waals surface area contributed by atoms with E-state index in [9.17, 15) is 16.8 Å². The lowest BCUT2D eigenvalue weighted by atomic mass is 9.96. The van der Waals surface area contributed by atoms with Gasteiger partial charge >= 0.3 is 0 Å². The summed E-state index contributed by atoms with van der Waals surface area (Å²) in [6.45, 7) is 13.8. The van der Waals surface area contributed by atoms with Gasteiger partial charge < -0.3 is 0 Å². The van der Waals surface area contributed by atoms with Crippen molar-refractivity contribution in [2.24, 2.45) is 5.92 Å². The molecule has 9 heteroatoms. The molecule has 194 valence electrons. The molecule has 0 unspecified atom stereocenters. The Kier molecular flexibility index (Phi) is 7.54. The van der Waals surface area contributed by atoms with Crippen molar-refractivity contribution in [3.63, 3.8) is 0 Å². The van der Waals surface area contributed by atoms with Crippen LogP contribution in [0, 0.1) is 19.8 Å². The minimum atomic E-state index is -4.21. The lowest BCUT2D eigenvalue weighted by Gasteiger charge is -2.36. The molecule has 0 amide bonds. The van der Waals surface area contributed by atoms with Gasteiger partial charge in [-0.25, -0.2) is 21.1 Å². The number of rotatable bonds is 7.